The van der Waals surface area contributed by atoms with Gasteiger partial charge in [0, 0.05) is 5.88 Å². The summed E-state index contributed by atoms with van der Waals surface area (Å²) in [7, 11) is -1.32. The molecule has 0 aliphatic carbocycles. The Morgan fingerprint density at radius 1 is 0.720 bits per heavy atom. The Kier molecular flexibility index (Phi) is 6.86. The Morgan fingerprint density at radius 3 is 1.68 bits per heavy atom. The maximum atomic E-state index is 6.75. The van der Waals surface area contributed by atoms with Gasteiger partial charge in [-0.3, -0.25) is 0 Å². The minimum absolute atomic E-state index is 0.0641. The molecule has 0 spiro atoms. The fourth-order valence-electron chi connectivity index (χ4n) is 2.85. The van der Waals surface area contributed by atoms with E-state index in [0.29, 0.717) is 5.88 Å². The third-order valence-corrected chi connectivity index (χ3v) is 6.61. The molecule has 0 amide bonds. The molecule has 0 aromatic heterocycles. The molecule has 1 atom stereocenters. The van der Waals surface area contributed by atoms with Gasteiger partial charge in [-0.05, 0) is 28.8 Å². The highest BCUT2D eigenvalue weighted by Crippen LogP contribution is 2.24. The van der Waals surface area contributed by atoms with Gasteiger partial charge in [-0.15, -0.1) is 11.6 Å². The van der Waals surface area contributed by atoms with Crippen molar-refractivity contribution in [3.05, 3.63) is 96.6 Å². The molecule has 25 heavy (non-hydrogen) atoms. The van der Waals surface area contributed by atoms with Crippen molar-refractivity contribution in [1.82, 2.24) is 0 Å². The minimum Gasteiger partial charge on any atom is -0.400 e. The van der Waals surface area contributed by atoms with E-state index in [4.69, 9.17) is 16.0 Å². The van der Waals surface area contributed by atoms with Gasteiger partial charge in [-0.25, -0.2) is 0 Å². The average molecular weight is 366 g/mol. The highest BCUT2D eigenvalue weighted by atomic mass is 35.5. The van der Waals surface area contributed by atoms with Gasteiger partial charge in [0.15, 0.2) is 0 Å². The van der Waals surface area contributed by atoms with Crippen LogP contribution in [-0.4, -0.2) is 14.9 Å². The van der Waals surface area contributed by atoms with Crippen molar-refractivity contribution in [2.45, 2.75) is 18.9 Å². The molecule has 0 bridgehead atoms. The molecule has 0 N–H and O–H groups in total. The van der Waals surface area contributed by atoms with E-state index in [1.807, 2.05) is 6.07 Å². The van der Waals surface area contributed by atoms with Crippen molar-refractivity contribution < 1.29 is 4.43 Å². The van der Waals surface area contributed by atoms with Crippen molar-refractivity contribution in [3.8, 4) is 0 Å². The minimum atomic E-state index is -1.32. The van der Waals surface area contributed by atoms with Gasteiger partial charge >= 0.3 is 0 Å². The van der Waals surface area contributed by atoms with Crippen LogP contribution in [0.1, 0.15) is 24.5 Å². The number of hydrogen-bond acceptors (Lipinski definition) is 1. The third kappa shape index (κ3) is 5.05. The lowest BCUT2D eigenvalue weighted by atomic mass is 10.1. The summed E-state index contributed by atoms with van der Waals surface area (Å²) in [6.07, 6.45) is 1.94. The van der Waals surface area contributed by atoms with E-state index in [-0.39, 0.29) is 6.10 Å². The summed E-state index contributed by atoms with van der Waals surface area (Å²) in [6.45, 7) is 0. The second-order valence-electron chi connectivity index (χ2n) is 5.91. The Labute approximate surface area is 157 Å². The fourth-order valence-corrected chi connectivity index (χ4v) is 5.14. The van der Waals surface area contributed by atoms with E-state index in [9.17, 15) is 0 Å². The normalized spacial score (nSPS) is 12.2. The highest BCUT2D eigenvalue weighted by Gasteiger charge is 2.24. The quantitative estimate of drug-likeness (QED) is 0.419. The summed E-state index contributed by atoms with van der Waals surface area (Å²) in [6, 6.07) is 31.6. The van der Waals surface area contributed by atoms with Gasteiger partial charge in [0.2, 0.25) is 0 Å². The van der Waals surface area contributed by atoms with Crippen LogP contribution in [0, 0.1) is 0 Å². The molecule has 0 saturated heterocycles. The standard InChI is InChI=1S/C22H22ClOSi/c23-18-10-17-22(19-11-4-1-5-12-19)24-25(20-13-6-2-7-14-20)21-15-8-3-9-16-21/h1-9,11-16,22H,10,17-18H2/t22-/m1/s1. The molecular weight excluding hydrogens is 344 g/mol. The van der Waals surface area contributed by atoms with E-state index < -0.39 is 9.04 Å². The van der Waals surface area contributed by atoms with Crippen LogP contribution in [0.5, 0.6) is 0 Å². The number of hydrogen-bond donors (Lipinski definition) is 0. The number of benzene rings is 3. The fraction of sp³-hybridized carbons (Fsp3) is 0.182. The lowest BCUT2D eigenvalue weighted by Crippen LogP contribution is -2.45. The third-order valence-electron chi connectivity index (χ3n) is 4.10. The summed E-state index contributed by atoms with van der Waals surface area (Å²) in [5.41, 5.74) is 1.22. The molecule has 1 radical (unpaired) electrons. The number of rotatable bonds is 8. The van der Waals surface area contributed by atoms with Gasteiger partial charge in [0.1, 0.15) is 0 Å². The van der Waals surface area contributed by atoms with Crippen molar-refractivity contribution in [1.29, 1.82) is 0 Å². The van der Waals surface area contributed by atoms with Crippen molar-refractivity contribution in [3.63, 3.8) is 0 Å². The Morgan fingerprint density at radius 2 is 1.20 bits per heavy atom. The maximum absolute atomic E-state index is 6.75. The predicted octanol–water partition coefficient (Wildman–Crippen LogP) is 4.57. The van der Waals surface area contributed by atoms with Crippen molar-refractivity contribution >= 4 is 31.0 Å². The molecule has 3 aromatic rings. The Bertz CT molecular complexity index is 694. The van der Waals surface area contributed by atoms with Crippen LogP contribution in [0.4, 0.5) is 0 Å². The molecule has 0 heterocycles. The molecule has 127 valence electrons. The monoisotopic (exact) mass is 365 g/mol. The van der Waals surface area contributed by atoms with Gasteiger partial charge in [0.05, 0.1) is 6.10 Å². The highest BCUT2D eigenvalue weighted by molar-refractivity contribution is 6.80. The topological polar surface area (TPSA) is 9.23 Å². The van der Waals surface area contributed by atoms with Crippen LogP contribution in [0.25, 0.3) is 0 Å². The maximum Gasteiger partial charge on any atom is 0.283 e. The smallest absolute Gasteiger partial charge is 0.283 e. The van der Waals surface area contributed by atoms with Gasteiger partial charge in [-0.1, -0.05) is 91.0 Å². The van der Waals surface area contributed by atoms with E-state index >= 15 is 0 Å². The molecule has 1 nitrogen and oxygen atoms in total. The molecule has 3 heteroatoms. The molecule has 0 aliphatic heterocycles. The van der Waals surface area contributed by atoms with E-state index in [1.54, 1.807) is 0 Å². The van der Waals surface area contributed by atoms with Crippen LogP contribution in [-0.2, 0) is 4.43 Å². The Hall–Kier alpha value is -1.87. The predicted molar refractivity (Wildman–Crippen MR) is 108 cm³/mol. The summed E-state index contributed by atoms with van der Waals surface area (Å²) < 4.78 is 6.75. The largest absolute Gasteiger partial charge is 0.400 e. The van der Waals surface area contributed by atoms with Crippen LogP contribution in [0.15, 0.2) is 91.0 Å². The summed E-state index contributed by atoms with van der Waals surface area (Å²) in [4.78, 5) is 0. The van der Waals surface area contributed by atoms with Crippen LogP contribution in [0.3, 0.4) is 0 Å². The summed E-state index contributed by atoms with van der Waals surface area (Å²) >= 11 is 5.96. The van der Waals surface area contributed by atoms with Gasteiger partial charge < -0.3 is 4.43 Å². The molecule has 0 saturated carbocycles. The molecule has 0 unspecified atom stereocenters. The molecule has 0 fully saturated rings. The zero-order valence-electron chi connectivity index (χ0n) is 14.1. The van der Waals surface area contributed by atoms with Crippen molar-refractivity contribution in [2.75, 3.05) is 5.88 Å². The number of alkyl halides is 1. The van der Waals surface area contributed by atoms with Crippen LogP contribution in [0.2, 0.25) is 0 Å². The zero-order valence-corrected chi connectivity index (χ0v) is 15.9. The molecule has 3 aromatic carbocycles. The SMILES string of the molecule is ClCCC[C@@H](O[Si](c1ccccc1)c1ccccc1)c1ccccc1. The second kappa shape index (κ2) is 9.57. The van der Waals surface area contributed by atoms with Crippen LogP contribution < -0.4 is 10.4 Å². The first-order valence-corrected chi connectivity index (χ1v) is 10.6. The first kappa shape index (κ1) is 17.9. The first-order valence-electron chi connectivity index (χ1n) is 8.64. The van der Waals surface area contributed by atoms with Gasteiger partial charge in [-0.2, -0.15) is 0 Å². The lowest BCUT2D eigenvalue weighted by Gasteiger charge is -2.24. The lowest BCUT2D eigenvalue weighted by molar-refractivity contribution is 0.202. The molecule has 0 aliphatic rings. The molecular formula is C22H22ClOSi. The second-order valence-corrected chi connectivity index (χ2v) is 8.34. The number of halogens is 1. The zero-order chi connectivity index (χ0) is 17.3. The Balaban J connectivity index is 1.91. The first-order chi connectivity index (χ1) is 12.4. The summed E-state index contributed by atoms with van der Waals surface area (Å²) in [5.74, 6) is 0.658. The van der Waals surface area contributed by atoms with E-state index in [0.717, 1.165) is 12.8 Å². The van der Waals surface area contributed by atoms with Crippen LogP contribution >= 0.6 is 11.6 Å². The van der Waals surface area contributed by atoms with E-state index in [2.05, 4.69) is 84.9 Å². The molecule has 3 rings (SSSR count). The average Bonchev–Trinajstić information content (AvgIpc) is 2.70. The van der Waals surface area contributed by atoms with Crippen molar-refractivity contribution in [2.24, 2.45) is 0 Å². The van der Waals surface area contributed by atoms with E-state index in [1.165, 1.54) is 15.9 Å². The van der Waals surface area contributed by atoms with Gasteiger partial charge in [0.25, 0.3) is 9.04 Å². The summed E-state index contributed by atoms with van der Waals surface area (Å²) in [5, 5.41) is 2.54.